The van der Waals surface area contributed by atoms with Gasteiger partial charge in [0.15, 0.2) is 0 Å². The van der Waals surface area contributed by atoms with Gasteiger partial charge in [-0.25, -0.2) is 5.43 Å². The van der Waals surface area contributed by atoms with Gasteiger partial charge < -0.3 is 10.1 Å². The Morgan fingerprint density at radius 3 is 2.45 bits per heavy atom. The van der Waals surface area contributed by atoms with Crippen LogP contribution in [0.1, 0.15) is 12.5 Å². The van der Waals surface area contributed by atoms with Crippen molar-refractivity contribution in [2.75, 3.05) is 5.32 Å². The molecule has 0 saturated carbocycles. The molecule has 4 aromatic carbocycles. The Hall–Kier alpha value is -4.12. The van der Waals surface area contributed by atoms with Gasteiger partial charge in [0, 0.05) is 11.1 Å². The fourth-order valence-corrected chi connectivity index (χ4v) is 3.20. The van der Waals surface area contributed by atoms with Crippen LogP contribution in [0.15, 0.2) is 102 Å². The third-order valence-corrected chi connectivity index (χ3v) is 4.78. The molecule has 0 saturated heterocycles. The van der Waals surface area contributed by atoms with Gasteiger partial charge in [-0.05, 0) is 48.2 Å². The van der Waals surface area contributed by atoms with E-state index in [1.54, 1.807) is 13.1 Å². The van der Waals surface area contributed by atoms with Gasteiger partial charge in [0.25, 0.3) is 5.91 Å². The summed E-state index contributed by atoms with van der Waals surface area (Å²) in [5.74, 6) is 1.24. The molecule has 154 valence electrons. The number of para-hydroxylation sites is 1. The van der Waals surface area contributed by atoms with Crippen molar-refractivity contribution < 1.29 is 9.53 Å². The summed E-state index contributed by atoms with van der Waals surface area (Å²) in [5, 5.41) is 9.55. The molecule has 4 aromatic rings. The number of hydrogen-bond acceptors (Lipinski definition) is 4. The third-order valence-electron chi connectivity index (χ3n) is 4.78. The minimum absolute atomic E-state index is 0.221. The largest absolute Gasteiger partial charge is 0.457 e. The van der Waals surface area contributed by atoms with Gasteiger partial charge in [-0.15, -0.1) is 0 Å². The monoisotopic (exact) mass is 409 g/mol. The van der Waals surface area contributed by atoms with Crippen LogP contribution in [-0.4, -0.2) is 18.2 Å². The highest BCUT2D eigenvalue weighted by molar-refractivity contribution is 5.96. The summed E-state index contributed by atoms with van der Waals surface area (Å²) in [4.78, 5) is 12.5. The van der Waals surface area contributed by atoms with Gasteiger partial charge in [0.05, 0.1) is 6.21 Å². The Morgan fingerprint density at radius 1 is 0.871 bits per heavy atom. The van der Waals surface area contributed by atoms with E-state index in [-0.39, 0.29) is 5.91 Å². The van der Waals surface area contributed by atoms with Gasteiger partial charge in [-0.3, -0.25) is 4.79 Å². The minimum atomic E-state index is -0.448. The van der Waals surface area contributed by atoms with Crippen LogP contribution in [-0.2, 0) is 4.79 Å². The molecule has 2 N–H and O–H groups in total. The van der Waals surface area contributed by atoms with E-state index in [4.69, 9.17) is 4.74 Å². The first-order chi connectivity index (χ1) is 15.2. The van der Waals surface area contributed by atoms with E-state index < -0.39 is 6.04 Å². The second kappa shape index (κ2) is 9.59. The molecule has 5 nitrogen and oxygen atoms in total. The molecular formula is C26H23N3O2. The molecule has 1 atom stereocenters. The normalized spacial score (nSPS) is 11.9. The summed E-state index contributed by atoms with van der Waals surface area (Å²) in [6.07, 6.45) is 1.60. The van der Waals surface area contributed by atoms with Gasteiger partial charge in [0.2, 0.25) is 0 Å². The van der Waals surface area contributed by atoms with Gasteiger partial charge in [-0.2, -0.15) is 5.10 Å². The van der Waals surface area contributed by atoms with Crippen LogP contribution in [0, 0.1) is 0 Å². The second-order valence-corrected chi connectivity index (χ2v) is 7.11. The van der Waals surface area contributed by atoms with Crippen molar-refractivity contribution in [3.05, 3.63) is 103 Å². The van der Waals surface area contributed by atoms with Gasteiger partial charge in [-0.1, -0.05) is 66.7 Å². The summed E-state index contributed by atoms with van der Waals surface area (Å²) in [6, 6.07) is 30.7. The first-order valence-corrected chi connectivity index (χ1v) is 10.1. The van der Waals surface area contributed by atoms with Crippen molar-refractivity contribution in [1.82, 2.24) is 5.43 Å². The Bertz CT molecular complexity index is 1200. The van der Waals surface area contributed by atoms with Crippen LogP contribution in [0.2, 0.25) is 0 Å². The third kappa shape index (κ3) is 5.28. The van der Waals surface area contributed by atoms with Crippen LogP contribution >= 0.6 is 0 Å². The van der Waals surface area contributed by atoms with Crippen LogP contribution < -0.4 is 15.5 Å². The quantitative estimate of drug-likeness (QED) is 0.309. The SMILES string of the molecule is C[C@@H](Nc1cccc2ccccc12)C(=O)N/N=C\c1cccc(Oc2ccccc2)c1. The molecule has 0 unspecified atom stereocenters. The lowest BCUT2D eigenvalue weighted by Crippen LogP contribution is -2.34. The highest BCUT2D eigenvalue weighted by Gasteiger charge is 2.13. The summed E-state index contributed by atoms with van der Waals surface area (Å²) < 4.78 is 5.83. The Balaban J connectivity index is 1.36. The molecule has 0 heterocycles. The Morgan fingerprint density at radius 2 is 1.58 bits per heavy atom. The predicted octanol–water partition coefficient (Wildman–Crippen LogP) is 5.58. The molecule has 1 amide bonds. The molecule has 0 aliphatic carbocycles. The lowest BCUT2D eigenvalue weighted by atomic mass is 10.1. The molecular weight excluding hydrogens is 386 g/mol. The lowest BCUT2D eigenvalue weighted by molar-refractivity contribution is -0.121. The van der Waals surface area contributed by atoms with Crippen molar-refractivity contribution in [2.45, 2.75) is 13.0 Å². The molecule has 31 heavy (non-hydrogen) atoms. The number of hydrogen-bond donors (Lipinski definition) is 2. The van der Waals surface area contributed by atoms with Crippen LogP contribution in [0.4, 0.5) is 5.69 Å². The average Bonchev–Trinajstić information content (AvgIpc) is 2.80. The fraction of sp³-hybridized carbons (Fsp3) is 0.0769. The predicted molar refractivity (Wildman–Crippen MR) is 126 cm³/mol. The van der Waals surface area contributed by atoms with Crippen LogP contribution in [0.25, 0.3) is 10.8 Å². The number of anilines is 1. The summed E-state index contributed by atoms with van der Waals surface area (Å²) in [6.45, 7) is 1.81. The molecule has 0 bridgehead atoms. The number of carbonyl (C=O) groups is 1. The summed E-state index contributed by atoms with van der Waals surface area (Å²) in [7, 11) is 0. The van der Waals surface area contributed by atoms with Crippen LogP contribution in [0.5, 0.6) is 11.5 Å². The number of ether oxygens (including phenoxy) is 1. The first kappa shape index (κ1) is 20.2. The number of carbonyl (C=O) groups excluding carboxylic acids is 1. The minimum Gasteiger partial charge on any atom is -0.457 e. The van der Waals surface area contributed by atoms with Crippen molar-refractivity contribution in [3.8, 4) is 11.5 Å². The number of amides is 1. The molecule has 4 rings (SSSR count). The molecule has 0 radical (unpaired) electrons. The maximum atomic E-state index is 12.5. The summed E-state index contributed by atoms with van der Waals surface area (Å²) in [5.41, 5.74) is 4.33. The first-order valence-electron chi connectivity index (χ1n) is 10.1. The molecule has 0 aliphatic heterocycles. The zero-order valence-electron chi connectivity index (χ0n) is 17.2. The van der Waals surface area contributed by atoms with E-state index in [1.807, 2.05) is 97.1 Å². The topological polar surface area (TPSA) is 62.7 Å². The van der Waals surface area contributed by atoms with E-state index in [0.717, 1.165) is 27.8 Å². The number of hydrazone groups is 1. The van der Waals surface area contributed by atoms with E-state index in [0.29, 0.717) is 5.75 Å². The number of benzene rings is 4. The second-order valence-electron chi connectivity index (χ2n) is 7.11. The zero-order chi connectivity index (χ0) is 21.5. The number of fused-ring (bicyclic) bond motifs is 1. The number of nitrogens with zero attached hydrogens (tertiary/aromatic N) is 1. The molecule has 0 spiro atoms. The standard InChI is InChI=1S/C26H23N3O2/c1-19(28-25-16-8-11-21-10-5-6-15-24(21)25)26(30)29-27-18-20-9-7-14-23(17-20)31-22-12-3-2-4-13-22/h2-19,28H,1H3,(H,29,30)/b27-18-/t19-/m1/s1. The van der Waals surface area contributed by atoms with Crippen molar-refractivity contribution >= 4 is 28.6 Å². The van der Waals surface area contributed by atoms with Crippen LogP contribution in [0.3, 0.4) is 0 Å². The maximum absolute atomic E-state index is 12.5. The Labute approximate surface area is 181 Å². The summed E-state index contributed by atoms with van der Waals surface area (Å²) >= 11 is 0. The highest BCUT2D eigenvalue weighted by Crippen LogP contribution is 2.24. The van der Waals surface area contributed by atoms with E-state index >= 15 is 0 Å². The number of nitrogens with one attached hydrogen (secondary N) is 2. The lowest BCUT2D eigenvalue weighted by Gasteiger charge is -2.15. The zero-order valence-corrected chi connectivity index (χ0v) is 17.2. The molecule has 5 heteroatoms. The van der Waals surface area contributed by atoms with Crippen molar-refractivity contribution in [3.63, 3.8) is 0 Å². The molecule has 0 aliphatic rings. The average molecular weight is 409 g/mol. The number of rotatable bonds is 7. The van der Waals surface area contributed by atoms with Crippen molar-refractivity contribution in [2.24, 2.45) is 5.10 Å². The Kier molecular flexibility index (Phi) is 6.24. The van der Waals surface area contributed by atoms with E-state index in [9.17, 15) is 4.79 Å². The van der Waals surface area contributed by atoms with Gasteiger partial charge >= 0.3 is 0 Å². The molecule has 0 fully saturated rings. The molecule has 0 aromatic heterocycles. The van der Waals surface area contributed by atoms with E-state index in [1.165, 1.54) is 0 Å². The highest BCUT2D eigenvalue weighted by atomic mass is 16.5. The van der Waals surface area contributed by atoms with Crippen molar-refractivity contribution in [1.29, 1.82) is 0 Å². The fourth-order valence-electron chi connectivity index (χ4n) is 3.20. The van der Waals surface area contributed by atoms with E-state index in [2.05, 4.69) is 15.8 Å². The van der Waals surface area contributed by atoms with Gasteiger partial charge in [0.1, 0.15) is 17.5 Å². The maximum Gasteiger partial charge on any atom is 0.262 e. The smallest absolute Gasteiger partial charge is 0.262 e.